The van der Waals surface area contributed by atoms with Gasteiger partial charge in [-0.3, -0.25) is 19.3 Å². The van der Waals surface area contributed by atoms with Gasteiger partial charge in [0.25, 0.3) is 0 Å². The number of hydrogen-bond donors (Lipinski definition) is 1. The minimum absolute atomic E-state index is 0.0944. The van der Waals surface area contributed by atoms with Gasteiger partial charge in [-0.2, -0.15) is 4.68 Å². The lowest BCUT2D eigenvalue weighted by atomic mass is 9.94. The fourth-order valence-corrected chi connectivity index (χ4v) is 5.21. The fraction of sp³-hybridized carbons (Fsp3) is 0.385. The molecule has 3 amide bonds. The average Bonchev–Trinajstić information content (AvgIpc) is 3.44. The molecular weight excluding hydrogens is 494 g/mol. The van der Waals surface area contributed by atoms with Crippen molar-refractivity contribution in [2.45, 2.75) is 50.6 Å². The molecule has 1 unspecified atom stereocenters. The number of amides is 3. The van der Waals surface area contributed by atoms with E-state index in [1.54, 1.807) is 18.2 Å². The highest BCUT2D eigenvalue weighted by atomic mass is 35.5. The lowest BCUT2D eigenvalue weighted by molar-refractivity contribution is -0.145. The van der Waals surface area contributed by atoms with Gasteiger partial charge in [0.15, 0.2) is 0 Å². The molecule has 5 rings (SSSR count). The zero-order chi connectivity index (χ0) is 25.8. The lowest BCUT2D eigenvalue weighted by Gasteiger charge is -2.39. The topological polar surface area (TPSA) is 113 Å². The molecule has 3 aromatic rings. The maximum atomic E-state index is 13.5. The van der Waals surface area contributed by atoms with Crippen molar-refractivity contribution in [2.24, 2.45) is 0 Å². The highest BCUT2D eigenvalue weighted by Gasteiger charge is 2.39. The number of rotatable bonds is 7. The molecule has 1 aromatic heterocycles. The minimum Gasteiger partial charge on any atom is -0.352 e. The van der Waals surface area contributed by atoms with Crippen molar-refractivity contribution in [2.75, 3.05) is 18.0 Å². The highest BCUT2D eigenvalue weighted by molar-refractivity contribution is 6.31. The number of carbonyl (C=O) groups excluding carboxylic acids is 3. The second-order valence-corrected chi connectivity index (χ2v) is 9.87. The number of aromatic nitrogens is 4. The number of piperazine rings is 1. The van der Waals surface area contributed by atoms with Crippen molar-refractivity contribution in [3.05, 3.63) is 65.4 Å². The molecule has 2 aromatic carbocycles. The zero-order valence-corrected chi connectivity index (χ0v) is 21.0. The summed E-state index contributed by atoms with van der Waals surface area (Å²) >= 11 is 6.24. The molecule has 1 N–H and O–H groups in total. The van der Waals surface area contributed by atoms with E-state index in [0.717, 1.165) is 31.2 Å². The first-order valence-electron chi connectivity index (χ1n) is 12.5. The Morgan fingerprint density at radius 3 is 2.51 bits per heavy atom. The quantitative estimate of drug-likeness (QED) is 0.511. The predicted molar refractivity (Wildman–Crippen MR) is 137 cm³/mol. The second-order valence-electron chi connectivity index (χ2n) is 9.44. The van der Waals surface area contributed by atoms with Gasteiger partial charge in [0.05, 0.1) is 11.4 Å². The number of halogens is 1. The van der Waals surface area contributed by atoms with Crippen LogP contribution in [-0.4, -0.2) is 68.0 Å². The first-order valence-corrected chi connectivity index (χ1v) is 12.8. The molecule has 11 heteroatoms. The number of nitrogens with zero attached hydrogens (tertiary/aromatic N) is 6. The summed E-state index contributed by atoms with van der Waals surface area (Å²) in [6, 6.07) is 13.8. The standard InChI is InChI=1S/C26H28ClN7O3/c27-19-11-12-21(34-17-28-30-31-34)22(14-19)32-15-25(36)33(16-24(32)35)23(13-18-7-3-1-4-8-18)26(37)29-20-9-5-2-6-10-20/h1,3-4,7-8,11-12,14,17,20,23H,2,5-6,9-10,13,15-16H2,(H,29,37). The molecule has 1 atom stereocenters. The van der Waals surface area contributed by atoms with Crippen molar-refractivity contribution >= 4 is 35.0 Å². The SMILES string of the molecule is O=C(NC1CCCCC1)C(Cc1ccccc1)N1CC(=O)N(c2cc(Cl)ccc2-n2cnnn2)CC1=O. The molecule has 192 valence electrons. The van der Waals surface area contributed by atoms with Crippen LogP contribution in [0.1, 0.15) is 37.7 Å². The van der Waals surface area contributed by atoms with Gasteiger partial charge in [-0.15, -0.1) is 5.10 Å². The number of carbonyl (C=O) groups is 3. The van der Waals surface area contributed by atoms with Crippen LogP contribution in [0.25, 0.3) is 5.69 Å². The molecule has 37 heavy (non-hydrogen) atoms. The molecule has 2 aliphatic rings. The Morgan fingerprint density at radius 1 is 1.00 bits per heavy atom. The fourth-order valence-electron chi connectivity index (χ4n) is 5.04. The van der Waals surface area contributed by atoms with Crippen molar-refractivity contribution < 1.29 is 14.4 Å². The summed E-state index contributed by atoms with van der Waals surface area (Å²) in [4.78, 5) is 43.2. The van der Waals surface area contributed by atoms with E-state index in [4.69, 9.17) is 11.6 Å². The van der Waals surface area contributed by atoms with Crippen LogP contribution in [0, 0.1) is 0 Å². The number of anilines is 1. The van der Waals surface area contributed by atoms with E-state index in [-0.39, 0.29) is 36.9 Å². The summed E-state index contributed by atoms with van der Waals surface area (Å²) in [6.07, 6.45) is 6.91. The maximum absolute atomic E-state index is 13.5. The molecule has 1 aliphatic carbocycles. The van der Waals surface area contributed by atoms with Gasteiger partial charge >= 0.3 is 0 Å². The summed E-state index contributed by atoms with van der Waals surface area (Å²) < 4.78 is 1.41. The van der Waals surface area contributed by atoms with Crippen molar-refractivity contribution in [1.29, 1.82) is 0 Å². The number of benzene rings is 2. The average molecular weight is 522 g/mol. The monoisotopic (exact) mass is 521 g/mol. The Labute approximate surface area is 219 Å². The highest BCUT2D eigenvalue weighted by Crippen LogP contribution is 2.30. The Kier molecular flexibility index (Phi) is 7.45. The van der Waals surface area contributed by atoms with Crippen LogP contribution in [0.3, 0.4) is 0 Å². The molecular formula is C26H28ClN7O3. The molecule has 1 saturated heterocycles. The second kappa shape index (κ2) is 11.1. The smallest absolute Gasteiger partial charge is 0.247 e. The van der Waals surface area contributed by atoms with E-state index in [9.17, 15) is 14.4 Å². The number of hydrogen-bond acceptors (Lipinski definition) is 6. The minimum atomic E-state index is -0.790. The van der Waals surface area contributed by atoms with Crippen LogP contribution in [0.2, 0.25) is 5.02 Å². The van der Waals surface area contributed by atoms with Crippen LogP contribution in [0.15, 0.2) is 54.9 Å². The Balaban J connectivity index is 1.40. The predicted octanol–water partition coefficient (Wildman–Crippen LogP) is 2.55. The molecule has 1 saturated carbocycles. The van der Waals surface area contributed by atoms with Gasteiger partial charge in [-0.25, -0.2) is 0 Å². The molecule has 10 nitrogen and oxygen atoms in total. The van der Waals surface area contributed by atoms with E-state index in [1.807, 2.05) is 30.3 Å². The molecule has 1 aliphatic heterocycles. The van der Waals surface area contributed by atoms with Crippen LogP contribution >= 0.6 is 11.6 Å². The van der Waals surface area contributed by atoms with E-state index in [0.29, 0.717) is 22.8 Å². The van der Waals surface area contributed by atoms with Gasteiger partial charge in [-0.05, 0) is 47.0 Å². The zero-order valence-electron chi connectivity index (χ0n) is 20.3. The van der Waals surface area contributed by atoms with Gasteiger partial charge < -0.3 is 10.2 Å². The van der Waals surface area contributed by atoms with Gasteiger partial charge in [0.1, 0.15) is 25.5 Å². The van der Waals surface area contributed by atoms with Crippen LogP contribution in [0.5, 0.6) is 0 Å². The summed E-state index contributed by atoms with van der Waals surface area (Å²) in [6.45, 7) is -0.452. The van der Waals surface area contributed by atoms with E-state index in [1.165, 1.54) is 27.2 Å². The van der Waals surface area contributed by atoms with Gasteiger partial charge in [0.2, 0.25) is 17.7 Å². The largest absolute Gasteiger partial charge is 0.352 e. The van der Waals surface area contributed by atoms with Gasteiger partial charge in [0, 0.05) is 17.5 Å². The van der Waals surface area contributed by atoms with Crippen molar-refractivity contribution in [1.82, 2.24) is 30.4 Å². The maximum Gasteiger partial charge on any atom is 0.247 e. The Morgan fingerprint density at radius 2 is 1.78 bits per heavy atom. The molecule has 0 spiro atoms. The van der Waals surface area contributed by atoms with E-state index in [2.05, 4.69) is 20.8 Å². The Bertz CT molecular complexity index is 1260. The van der Waals surface area contributed by atoms with Crippen LogP contribution in [0.4, 0.5) is 5.69 Å². The third kappa shape index (κ3) is 5.64. The molecule has 0 radical (unpaired) electrons. The first-order chi connectivity index (χ1) is 18.0. The first kappa shape index (κ1) is 24.9. The summed E-state index contributed by atoms with van der Waals surface area (Å²) in [5.74, 6) is -0.857. The third-order valence-electron chi connectivity index (χ3n) is 6.95. The number of nitrogens with one attached hydrogen (secondary N) is 1. The summed E-state index contributed by atoms with van der Waals surface area (Å²) in [7, 11) is 0. The van der Waals surface area contributed by atoms with E-state index >= 15 is 0 Å². The number of tetrazole rings is 1. The molecule has 2 heterocycles. The van der Waals surface area contributed by atoms with Crippen LogP contribution in [-0.2, 0) is 20.8 Å². The molecule has 0 bridgehead atoms. The summed E-state index contributed by atoms with van der Waals surface area (Å²) in [5.41, 5.74) is 1.86. The molecule has 2 fully saturated rings. The van der Waals surface area contributed by atoms with E-state index < -0.39 is 6.04 Å². The van der Waals surface area contributed by atoms with Crippen molar-refractivity contribution in [3.63, 3.8) is 0 Å². The summed E-state index contributed by atoms with van der Waals surface area (Å²) in [5, 5.41) is 14.8. The third-order valence-corrected chi connectivity index (χ3v) is 7.18. The Hall–Kier alpha value is -3.79. The van der Waals surface area contributed by atoms with Crippen molar-refractivity contribution in [3.8, 4) is 5.69 Å². The lowest BCUT2D eigenvalue weighted by Crippen LogP contribution is -2.61. The van der Waals surface area contributed by atoms with Gasteiger partial charge in [-0.1, -0.05) is 61.2 Å². The normalized spacial score (nSPS) is 17.6. The van der Waals surface area contributed by atoms with Crippen LogP contribution < -0.4 is 10.2 Å².